The molecule has 0 amide bonds. The molecule has 1 N–H and O–H groups in total. The molecule has 1 spiro atoms. The second-order valence-electron chi connectivity index (χ2n) is 6.29. The van der Waals surface area contributed by atoms with E-state index in [1.165, 1.54) is 56.6 Å². The van der Waals surface area contributed by atoms with Crippen LogP contribution < -0.4 is 5.32 Å². The van der Waals surface area contributed by atoms with Gasteiger partial charge in [0.25, 0.3) is 0 Å². The van der Waals surface area contributed by atoms with Crippen molar-refractivity contribution in [1.29, 1.82) is 0 Å². The molecule has 104 valence electrons. The predicted octanol–water partition coefficient (Wildman–Crippen LogP) is 3.22. The number of nitrogens with zero attached hydrogens (tertiary/aromatic N) is 1. The number of hydrogen-bond donors (Lipinski definition) is 1. The molecule has 3 heteroatoms. The zero-order valence-corrected chi connectivity index (χ0v) is 12.5. The highest BCUT2D eigenvalue weighted by molar-refractivity contribution is 6.31. The molecule has 0 atom stereocenters. The lowest BCUT2D eigenvalue weighted by atomic mass is 9.78. The molecule has 1 aromatic rings. The molecule has 0 bridgehead atoms. The lowest BCUT2D eigenvalue weighted by Gasteiger charge is -2.34. The van der Waals surface area contributed by atoms with Crippen LogP contribution in [0.3, 0.4) is 0 Å². The maximum Gasteiger partial charge on any atom is 0.0435 e. The number of rotatable bonds is 2. The molecular weight excluding hydrogens is 256 g/mol. The fourth-order valence-electron chi connectivity index (χ4n) is 3.59. The first-order valence-electron chi connectivity index (χ1n) is 7.35. The van der Waals surface area contributed by atoms with E-state index in [1.54, 1.807) is 0 Å². The summed E-state index contributed by atoms with van der Waals surface area (Å²) in [6, 6.07) is 6.43. The molecule has 2 nitrogen and oxygen atoms in total. The summed E-state index contributed by atoms with van der Waals surface area (Å²) >= 11 is 6.09. The third kappa shape index (κ3) is 2.96. The van der Waals surface area contributed by atoms with Crippen LogP contribution in [0.1, 0.15) is 30.4 Å². The van der Waals surface area contributed by atoms with Crippen molar-refractivity contribution in [3.63, 3.8) is 0 Å². The van der Waals surface area contributed by atoms with E-state index >= 15 is 0 Å². The largest absolute Gasteiger partial charge is 0.317 e. The molecule has 19 heavy (non-hydrogen) atoms. The van der Waals surface area contributed by atoms with Crippen molar-refractivity contribution >= 4 is 11.6 Å². The Morgan fingerprint density at radius 3 is 2.79 bits per heavy atom. The summed E-state index contributed by atoms with van der Waals surface area (Å²) < 4.78 is 0. The molecule has 1 aromatic carbocycles. The van der Waals surface area contributed by atoms with Crippen molar-refractivity contribution in [3.05, 3.63) is 34.3 Å². The number of nitrogens with one attached hydrogen (secondary N) is 1. The molecular formula is C16H23ClN2. The van der Waals surface area contributed by atoms with Crippen LogP contribution in [0.4, 0.5) is 0 Å². The van der Waals surface area contributed by atoms with Crippen LogP contribution in [0, 0.1) is 12.3 Å². The van der Waals surface area contributed by atoms with Crippen LogP contribution in [-0.2, 0) is 6.54 Å². The van der Waals surface area contributed by atoms with Crippen molar-refractivity contribution in [3.8, 4) is 0 Å². The van der Waals surface area contributed by atoms with Crippen LogP contribution in [0.25, 0.3) is 0 Å². The average molecular weight is 279 g/mol. The van der Waals surface area contributed by atoms with Gasteiger partial charge in [-0.25, -0.2) is 0 Å². The highest BCUT2D eigenvalue weighted by atomic mass is 35.5. The monoisotopic (exact) mass is 278 g/mol. The van der Waals surface area contributed by atoms with Crippen molar-refractivity contribution in [2.45, 2.75) is 32.7 Å². The first-order chi connectivity index (χ1) is 9.17. The van der Waals surface area contributed by atoms with Crippen molar-refractivity contribution in [2.24, 2.45) is 5.41 Å². The molecule has 2 fully saturated rings. The molecule has 2 aliphatic rings. The lowest BCUT2D eigenvalue weighted by molar-refractivity contribution is 0.194. The van der Waals surface area contributed by atoms with Crippen LogP contribution >= 0.6 is 11.6 Å². The van der Waals surface area contributed by atoms with Gasteiger partial charge in [-0.2, -0.15) is 0 Å². The number of hydrogen-bond acceptors (Lipinski definition) is 2. The zero-order valence-electron chi connectivity index (χ0n) is 11.7. The highest BCUT2D eigenvalue weighted by Gasteiger charge is 2.38. The standard InChI is InChI=1S/C16H23ClN2/c1-13-10-14(2-3-15(13)17)11-19-9-6-16(12-19)4-7-18-8-5-16/h2-3,10,18H,4-9,11-12H2,1H3. The topological polar surface area (TPSA) is 15.3 Å². The number of aryl methyl sites for hydroxylation is 1. The van der Waals surface area contributed by atoms with Gasteiger partial charge in [-0.05, 0) is 68.4 Å². The summed E-state index contributed by atoms with van der Waals surface area (Å²) in [4.78, 5) is 2.62. The molecule has 3 rings (SSSR count). The maximum atomic E-state index is 6.09. The van der Waals surface area contributed by atoms with E-state index in [2.05, 4.69) is 29.3 Å². The third-order valence-corrected chi connectivity index (χ3v) is 5.23. The Morgan fingerprint density at radius 1 is 1.26 bits per heavy atom. The highest BCUT2D eigenvalue weighted by Crippen LogP contribution is 2.39. The van der Waals surface area contributed by atoms with Gasteiger partial charge in [-0.15, -0.1) is 0 Å². The summed E-state index contributed by atoms with van der Waals surface area (Å²) in [6.07, 6.45) is 4.08. The molecule has 0 radical (unpaired) electrons. The summed E-state index contributed by atoms with van der Waals surface area (Å²) in [6.45, 7) is 8.09. The van der Waals surface area contributed by atoms with E-state index in [1.807, 2.05) is 6.07 Å². The SMILES string of the molecule is Cc1cc(CN2CCC3(CCNCC3)C2)ccc1Cl. The van der Waals surface area contributed by atoms with Crippen LogP contribution in [0.15, 0.2) is 18.2 Å². The van der Waals surface area contributed by atoms with E-state index in [4.69, 9.17) is 11.6 Å². The Balaban J connectivity index is 1.63. The molecule has 2 aliphatic heterocycles. The molecule has 0 unspecified atom stereocenters. The van der Waals surface area contributed by atoms with E-state index in [9.17, 15) is 0 Å². The fraction of sp³-hybridized carbons (Fsp3) is 0.625. The Labute approximate surface area is 121 Å². The maximum absolute atomic E-state index is 6.09. The normalized spacial score (nSPS) is 23.1. The molecule has 2 saturated heterocycles. The van der Waals surface area contributed by atoms with Crippen molar-refractivity contribution in [1.82, 2.24) is 10.2 Å². The van der Waals surface area contributed by atoms with E-state index in [-0.39, 0.29) is 0 Å². The Bertz CT molecular complexity index is 452. The summed E-state index contributed by atoms with van der Waals surface area (Å²) in [5.41, 5.74) is 3.19. The first kappa shape index (κ1) is 13.4. The Morgan fingerprint density at radius 2 is 2.05 bits per heavy atom. The first-order valence-corrected chi connectivity index (χ1v) is 7.73. The van der Waals surface area contributed by atoms with Crippen LogP contribution in [-0.4, -0.2) is 31.1 Å². The zero-order chi connectivity index (χ0) is 13.3. The Hall–Kier alpha value is -0.570. The van der Waals surface area contributed by atoms with Gasteiger partial charge in [0, 0.05) is 18.1 Å². The van der Waals surface area contributed by atoms with Gasteiger partial charge < -0.3 is 5.32 Å². The van der Waals surface area contributed by atoms with Crippen LogP contribution in [0.2, 0.25) is 5.02 Å². The molecule has 0 aliphatic carbocycles. The second kappa shape index (κ2) is 5.43. The minimum atomic E-state index is 0.604. The minimum absolute atomic E-state index is 0.604. The van der Waals surface area contributed by atoms with Crippen molar-refractivity contribution < 1.29 is 0 Å². The van der Waals surface area contributed by atoms with Gasteiger partial charge in [-0.3, -0.25) is 4.90 Å². The number of halogens is 1. The van der Waals surface area contributed by atoms with Gasteiger partial charge in [0.15, 0.2) is 0 Å². The second-order valence-corrected chi connectivity index (χ2v) is 6.70. The Kier molecular flexibility index (Phi) is 3.84. The lowest BCUT2D eigenvalue weighted by Crippen LogP contribution is -2.38. The van der Waals surface area contributed by atoms with Gasteiger partial charge in [-0.1, -0.05) is 23.7 Å². The minimum Gasteiger partial charge on any atom is -0.317 e. The van der Waals surface area contributed by atoms with E-state index < -0.39 is 0 Å². The van der Waals surface area contributed by atoms with E-state index in [0.29, 0.717) is 5.41 Å². The fourth-order valence-corrected chi connectivity index (χ4v) is 3.71. The number of likely N-dealkylation sites (tertiary alicyclic amines) is 1. The molecule has 0 aromatic heterocycles. The van der Waals surface area contributed by atoms with E-state index in [0.717, 1.165) is 11.6 Å². The molecule has 0 saturated carbocycles. The van der Waals surface area contributed by atoms with Gasteiger partial charge >= 0.3 is 0 Å². The molecule has 2 heterocycles. The summed E-state index contributed by atoms with van der Waals surface area (Å²) in [7, 11) is 0. The average Bonchev–Trinajstić information content (AvgIpc) is 2.78. The smallest absolute Gasteiger partial charge is 0.0435 e. The quantitative estimate of drug-likeness (QED) is 0.894. The van der Waals surface area contributed by atoms with Crippen LogP contribution in [0.5, 0.6) is 0 Å². The summed E-state index contributed by atoms with van der Waals surface area (Å²) in [5, 5.41) is 4.36. The predicted molar refractivity (Wildman–Crippen MR) is 80.6 cm³/mol. The third-order valence-electron chi connectivity index (χ3n) is 4.81. The van der Waals surface area contributed by atoms with Gasteiger partial charge in [0.2, 0.25) is 0 Å². The van der Waals surface area contributed by atoms with Crippen molar-refractivity contribution in [2.75, 3.05) is 26.2 Å². The number of piperidine rings is 1. The summed E-state index contributed by atoms with van der Waals surface area (Å²) in [5.74, 6) is 0. The van der Waals surface area contributed by atoms with Gasteiger partial charge in [0.1, 0.15) is 0 Å². The number of benzene rings is 1. The van der Waals surface area contributed by atoms with Gasteiger partial charge in [0.05, 0.1) is 0 Å².